The fourth-order valence-electron chi connectivity index (χ4n) is 5.74. The molecule has 0 radical (unpaired) electrons. The average molecular weight is 585 g/mol. The highest BCUT2D eigenvalue weighted by molar-refractivity contribution is 7.17. The van der Waals surface area contributed by atoms with E-state index in [1.165, 1.54) is 11.3 Å². The summed E-state index contributed by atoms with van der Waals surface area (Å²) < 4.78 is 5.72. The van der Waals surface area contributed by atoms with Crippen molar-refractivity contribution >= 4 is 45.7 Å². The Bertz CT molecular complexity index is 1650. The Morgan fingerprint density at radius 1 is 0.951 bits per heavy atom. The van der Waals surface area contributed by atoms with Gasteiger partial charge < -0.3 is 15.4 Å². The fourth-order valence-corrected chi connectivity index (χ4v) is 6.92. The van der Waals surface area contributed by atoms with Crippen molar-refractivity contribution in [2.45, 2.75) is 38.6 Å². The van der Waals surface area contributed by atoms with Crippen LogP contribution in [0.4, 0.5) is 9.80 Å². The number of aryl methyl sites for hydroxylation is 1. The summed E-state index contributed by atoms with van der Waals surface area (Å²) in [6, 6.07) is 23.0. The first-order valence-electron chi connectivity index (χ1n) is 13.5. The molecule has 1 saturated carbocycles. The van der Waals surface area contributed by atoms with Crippen LogP contribution in [-0.4, -0.2) is 29.9 Å². The van der Waals surface area contributed by atoms with Gasteiger partial charge in [-0.3, -0.25) is 9.59 Å². The Labute approximate surface area is 247 Å². The summed E-state index contributed by atoms with van der Waals surface area (Å²) in [5.41, 5.74) is 5.18. The third-order valence-electron chi connectivity index (χ3n) is 8.33. The van der Waals surface area contributed by atoms with Gasteiger partial charge in [-0.15, -0.1) is 11.3 Å². The summed E-state index contributed by atoms with van der Waals surface area (Å²) in [4.78, 5) is 41.0. The van der Waals surface area contributed by atoms with E-state index in [1.54, 1.807) is 24.3 Å². The molecule has 8 heteroatoms. The molecule has 1 fully saturated rings. The first kappa shape index (κ1) is 27.2. The second-order valence-corrected chi connectivity index (χ2v) is 12.5. The number of nitrogens with one attached hydrogen (secondary N) is 2. The summed E-state index contributed by atoms with van der Waals surface area (Å²) in [7, 11) is 0. The molecule has 2 atom stereocenters. The van der Waals surface area contributed by atoms with Crippen molar-refractivity contribution in [3.05, 3.63) is 111 Å². The van der Waals surface area contributed by atoms with Gasteiger partial charge in [-0.25, -0.2) is 4.79 Å². The van der Waals surface area contributed by atoms with Crippen molar-refractivity contribution in [1.29, 1.82) is 0 Å². The number of amides is 2. The monoisotopic (exact) mass is 584 g/mol. The minimum Gasteiger partial charge on any atom is -0.449 e. The van der Waals surface area contributed by atoms with Crippen LogP contribution in [0.25, 0.3) is 11.1 Å². The summed E-state index contributed by atoms with van der Waals surface area (Å²) in [5.74, 6) is -0.709. The van der Waals surface area contributed by atoms with E-state index >= 15 is 0 Å². The van der Waals surface area contributed by atoms with E-state index < -0.39 is 11.6 Å². The first-order chi connectivity index (χ1) is 19.7. The summed E-state index contributed by atoms with van der Waals surface area (Å²) in [6.07, 6.45) is -0.158. The van der Waals surface area contributed by atoms with Crippen LogP contribution >= 0.6 is 22.9 Å². The lowest BCUT2D eigenvalue weighted by molar-refractivity contribution is -0.119. The Kier molecular flexibility index (Phi) is 6.96. The Hall–Kier alpha value is -3.94. The van der Waals surface area contributed by atoms with Gasteiger partial charge in [-0.2, -0.15) is 0 Å². The highest BCUT2D eigenvalue weighted by Gasteiger charge is 2.59. The van der Waals surface area contributed by atoms with Crippen molar-refractivity contribution in [2.24, 2.45) is 5.92 Å². The number of hydrogen-bond acceptors (Lipinski definition) is 5. The maximum atomic E-state index is 13.6. The molecule has 208 valence electrons. The van der Waals surface area contributed by atoms with Crippen LogP contribution in [-0.2, 0) is 9.53 Å². The van der Waals surface area contributed by atoms with Gasteiger partial charge in [0.1, 0.15) is 17.1 Å². The first-order valence-corrected chi connectivity index (χ1v) is 14.7. The molecule has 2 amide bonds. The van der Waals surface area contributed by atoms with Crippen LogP contribution in [0.3, 0.4) is 0 Å². The number of thiophene rings is 1. The van der Waals surface area contributed by atoms with Gasteiger partial charge >= 0.3 is 6.09 Å². The van der Waals surface area contributed by atoms with Gasteiger partial charge in [0, 0.05) is 21.4 Å². The van der Waals surface area contributed by atoms with E-state index in [0.29, 0.717) is 27.6 Å². The Morgan fingerprint density at radius 3 is 2.12 bits per heavy atom. The number of carbonyl (C=O) groups excluding carboxylic acids is 3. The maximum absolute atomic E-state index is 13.6. The van der Waals surface area contributed by atoms with Gasteiger partial charge in [0.05, 0.1) is 5.56 Å². The predicted molar refractivity (Wildman–Crippen MR) is 162 cm³/mol. The molecule has 0 aliphatic heterocycles. The Morgan fingerprint density at radius 2 is 1.54 bits per heavy atom. The molecule has 41 heavy (non-hydrogen) atoms. The van der Waals surface area contributed by atoms with Crippen molar-refractivity contribution in [1.82, 2.24) is 5.32 Å². The van der Waals surface area contributed by atoms with Crippen molar-refractivity contribution in [2.75, 3.05) is 11.9 Å². The lowest BCUT2D eigenvalue weighted by Gasteiger charge is -2.20. The molecule has 2 aliphatic carbocycles. The molecular formula is C33H29ClN2O4S. The molecule has 1 heterocycles. The van der Waals surface area contributed by atoms with Crippen LogP contribution in [0.2, 0.25) is 5.02 Å². The van der Waals surface area contributed by atoms with Gasteiger partial charge in [-0.1, -0.05) is 67.1 Å². The summed E-state index contributed by atoms with van der Waals surface area (Å²) in [5, 5.41) is 6.82. The number of rotatable bonds is 7. The molecule has 0 bridgehead atoms. The minimum absolute atomic E-state index is 0.0759. The fraction of sp³-hybridized carbons (Fsp3) is 0.242. The lowest BCUT2D eigenvalue weighted by Crippen LogP contribution is -2.48. The second-order valence-electron chi connectivity index (χ2n) is 10.8. The van der Waals surface area contributed by atoms with E-state index in [1.807, 2.05) is 45.0 Å². The van der Waals surface area contributed by atoms with E-state index in [9.17, 15) is 14.4 Å². The van der Waals surface area contributed by atoms with Crippen molar-refractivity contribution < 1.29 is 19.1 Å². The Balaban J connectivity index is 1.17. The maximum Gasteiger partial charge on any atom is 0.408 e. The smallest absolute Gasteiger partial charge is 0.408 e. The second kappa shape index (κ2) is 10.5. The molecule has 3 aromatic carbocycles. The van der Waals surface area contributed by atoms with Crippen LogP contribution in [0.5, 0.6) is 0 Å². The van der Waals surface area contributed by atoms with E-state index in [-0.39, 0.29) is 30.1 Å². The quantitative estimate of drug-likeness (QED) is 0.220. The third kappa shape index (κ3) is 4.83. The van der Waals surface area contributed by atoms with Crippen LogP contribution < -0.4 is 10.6 Å². The highest BCUT2D eigenvalue weighted by Crippen LogP contribution is 2.46. The normalized spacial score (nSPS) is 18.8. The van der Waals surface area contributed by atoms with Crippen LogP contribution in [0.15, 0.2) is 72.8 Å². The number of carbonyl (C=O) groups is 3. The van der Waals surface area contributed by atoms with Crippen LogP contribution in [0, 0.1) is 19.8 Å². The topological polar surface area (TPSA) is 84.5 Å². The molecule has 2 aliphatic rings. The zero-order valence-electron chi connectivity index (χ0n) is 22.9. The molecule has 6 nitrogen and oxygen atoms in total. The number of ketones is 1. The lowest BCUT2D eigenvalue weighted by atomic mass is 9.98. The number of fused-ring (bicyclic) bond motifs is 3. The number of alkyl carbamates (subject to hydrolysis) is 1. The highest BCUT2D eigenvalue weighted by atomic mass is 35.5. The SMILES string of the molecule is Cc1sc(NC(=O)[C@@]2(NC(=O)OCC3c4ccccc4-c4ccccc43)C[C@@H]2C)c(C(=O)c2ccc(Cl)cc2)c1C. The number of anilines is 1. The average Bonchev–Trinajstić information content (AvgIpc) is 3.38. The zero-order valence-corrected chi connectivity index (χ0v) is 24.5. The summed E-state index contributed by atoms with van der Waals surface area (Å²) >= 11 is 7.35. The van der Waals surface area contributed by atoms with Gasteiger partial charge in [0.15, 0.2) is 5.78 Å². The molecular weight excluding hydrogens is 556 g/mol. The molecule has 0 saturated heterocycles. The van der Waals surface area contributed by atoms with Gasteiger partial charge in [-0.05, 0) is 78.3 Å². The number of ether oxygens (including phenoxy) is 1. The molecule has 0 spiro atoms. The van der Waals surface area contributed by atoms with E-state index in [2.05, 4.69) is 34.9 Å². The van der Waals surface area contributed by atoms with Crippen molar-refractivity contribution in [3.63, 3.8) is 0 Å². The molecule has 0 unspecified atom stereocenters. The molecule has 1 aromatic heterocycles. The van der Waals surface area contributed by atoms with Crippen LogP contribution in [0.1, 0.15) is 56.8 Å². The zero-order chi connectivity index (χ0) is 28.9. The number of benzene rings is 3. The van der Waals surface area contributed by atoms with E-state index in [0.717, 1.165) is 32.7 Å². The van der Waals surface area contributed by atoms with Gasteiger partial charge in [0.25, 0.3) is 5.91 Å². The summed E-state index contributed by atoms with van der Waals surface area (Å²) in [6.45, 7) is 5.86. The minimum atomic E-state index is -1.10. The molecule has 4 aromatic rings. The number of hydrogen-bond donors (Lipinski definition) is 2. The van der Waals surface area contributed by atoms with E-state index in [4.69, 9.17) is 16.3 Å². The predicted octanol–water partition coefficient (Wildman–Crippen LogP) is 7.51. The molecule has 2 N–H and O–H groups in total. The van der Waals surface area contributed by atoms with Gasteiger partial charge in [0.2, 0.25) is 0 Å². The molecule has 6 rings (SSSR count). The third-order valence-corrected chi connectivity index (χ3v) is 9.70. The largest absolute Gasteiger partial charge is 0.449 e. The number of halogens is 1. The van der Waals surface area contributed by atoms with Crippen molar-refractivity contribution in [3.8, 4) is 11.1 Å². The standard InChI is InChI=1S/C33H29ClN2O4S/c1-18-16-33(18,31(38)35-30-28(19(2)20(3)41-30)29(37)21-12-14-22(34)15-13-21)36-32(39)40-17-27-25-10-6-4-8-23(25)24-9-5-7-11-26(24)27/h4-15,18,27H,16-17H2,1-3H3,(H,35,38)(H,36,39)/t18-,33+/m0/s1.